The number of rotatable bonds is 4. The Morgan fingerprint density at radius 2 is 2.14 bits per heavy atom. The molecular formula is C17H20FN3O5S2. The molecule has 3 rings (SSSR count). The summed E-state index contributed by atoms with van der Waals surface area (Å²) in [4.78, 5) is 28.8. The zero-order chi connectivity index (χ0) is 20.5. The SMILES string of the molecule is COC(=O)Cn1c(=NC(=O)C2CCCN(S(C)(=O)=O)C2)sc2cccc(F)c21. The van der Waals surface area contributed by atoms with E-state index in [0.29, 0.717) is 24.1 Å². The van der Waals surface area contributed by atoms with Crippen LogP contribution in [0.15, 0.2) is 23.2 Å². The molecule has 0 bridgehead atoms. The molecule has 1 aromatic carbocycles. The number of hydrogen-bond acceptors (Lipinski definition) is 6. The number of methoxy groups -OCH3 is 1. The number of thiazole rings is 1. The van der Waals surface area contributed by atoms with Crippen molar-refractivity contribution in [2.45, 2.75) is 19.4 Å². The fraction of sp³-hybridized carbons (Fsp3) is 0.471. The lowest BCUT2D eigenvalue weighted by Crippen LogP contribution is -2.41. The summed E-state index contributed by atoms with van der Waals surface area (Å²) >= 11 is 1.09. The van der Waals surface area contributed by atoms with Gasteiger partial charge in [-0.2, -0.15) is 4.99 Å². The number of sulfonamides is 1. The summed E-state index contributed by atoms with van der Waals surface area (Å²) in [5.74, 6) is -2.20. The molecule has 0 radical (unpaired) electrons. The summed E-state index contributed by atoms with van der Waals surface area (Å²) in [5, 5.41) is 0. The summed E-state index contributed by atoms with van der Waals surface area (Å²) in [5.41, 5.74) is 0.172. The standard InChI is InChI=1S/C17H20FN3O5S2/c1-26-14(22)10-21-15-12(18)6-3-7-13(15)27-17(21)19-16(23)11-5-4-8-20(9-11)28(2,24)25/h3,6-7,11H,4-5,8-10H2,1-2H3. The minimum Gasteiger partial charge on any atom is -0.468 e. The number of benzene rings is 1. The number of ether oxygens (including phenoxy) is 1. The van der Waals surface area contributed by atoms with Gasteiger partial charge in [0.25, 0.3) is 5.91 Å². The predicted molar refractivity (Wildman–Crippen MR) is 101 cm³/mol. The van der Waals surface area contributed by atoms with Crippen LogP contribution >= 0.6 is 11.3 Å². The number of fused-ring (bicyclic) bond motifs is 1. The van der Waals surface area contributed by atoms with Crippen molar-refractivity contribution in [1.29, 1.82) is 0 Å². The van der Waals surface area contributed by atoms with Gasteiger partial charge >= 0.3 is 5.97 Å². The number of hydrogen-bond donors (Lipinski definition) is 0. The van der Waals surface area contributed by atoms with Gasteiger partial charge in [0.05, 0.1) is 29.5 Å². The zero-order valence-corrected chi connectivity index (χ0v) is 17.1. The van der Waals surface area contributed by atoms with E-state index in [-0.39, 0.29) is 23.4 Å². The van der Waals surface area contributed by atoms with Gasteiger partial charge in [0.15, 0.2) is 4.80 Å². The van der Waals surface area contributed by atoms with Crippen LogP contribution in [0.3, 0.4) is 0 Å². The normalized spacial score (nSPS) is 19.1. The van der Waals surface area contributed by atoms with Gasteiger partial charge in [-0.25, -0.2) is 17.1 Å². The number of aromatic nitrogens is 1. The molecule has 2 aromatic rings. The Morgan fingerprint density at radius 3 is 2.82 bits per heavy atom. The Labute approximate surface area is 165 Å². The largest absolute Gasteiger partial charge is 0.468 e. The number of carbonyl (C=O) groups is 2. The molecule has 2 heterocycles. The minimum absolute atomic E-state index is 0.0669. The molecule has 1 fully saturated rings. The lowest BCUT2D eigenvalue weighted by Gasteiger charge is -2.28. The highest BCUT2D eigenvalue weighted by Gasteiger charge is 2.30. The number of esters is 1. The van der Waals surface area contributed by atoms with Gasteiger partial charge in [-0.3, -0.25) is 9.59 Å². The highest BCUT2D eigenvalue weighted by atomic mass is 32.2. The van der Waals surface area contributed by atoms with Crippen LogP contribution in [0.25, 0.3) is 10.2 Å². The maximum absolute atomic E-state index is 14.3. The predicted octanol–water partition coefficient (Wildman–Crippen LogP) is 1.11. The van der Waals surface area contributed by atoms with Crippen molar-refractivity contribution in [3.8, 4) is 0 Å². The van der Waals surface area contributed by atoms with E-state index in [1.54, 1.807) is 6.07 Å². The fourth-order valence-corrected chi connectivity index (χ4v) is 5.10. The van der Waals surface area contributed by atoms with Gasteiger partial charge in [-0.1, -0.05) is 17.4 Å². The number of para-hydroxylation sites is 1. The van der Waals surface area contributed by atoms with Gasteiger partial charge in [0.2, 0.25) is 10.0 Å². The third kappa shape index (κ3) is 4.31. The van der Waals surface area contributed by atoms with Crippen LogP contribution < -0.4 is 4.80 Å². The molecule has 28 heavy (non-hydrogen) atoms. The molecular weight excluding hydrogens is 409 g/mol. The third-order valence-electron chi connectivity index (χ3n) is 4.57. The Morgan fingerprint density at radius 1 is 1.39 bits per heavy atom. The molecule has 1 saturated heterocycles. The Bertz CT molecular complexity index is 1090. The average Bonchev–Trinajstić information content (AvgIpc) is 2.99. The summed E-state index contributed by atoms with van der Waals surface area (Å²) in [6, 6.07) is 4.47. The average molecular weight is 429 g/mol. The molecule has 1 aliphatic heterocycles. The van der Waals surface area contributed by atoms with E-state index in [4.69, 9.17) is 0 Å². The summed E-state index contributed by atoms with van der Waals surface area (Å²) in [7, 11) is -2.17. The molecule has 1 atom stereocenters. The smallest absolute Gasteiger partial charge is 0.325 e. The first-order valence-corrected chi connectivity index (χ1v) is 11.3. The molecule has 11 heteroatoms. The second-order valence-corrected chi connectivity index (χ2v) is 9.54. The van der Waals surface area contributed by atoms with E-state index >= 15 is 0 Å². The molecule has 1 aromatic heterocycles. The number of halogens is 1. The highest BCUT2D eigenvalue weighted by molar-refractivity contribution is 7.88. The number of carbonyl (C=O) groups excluding carboxylic acids is 2. The Hall–Kier alpha value is -2.11. The van der Waals surface area contributed by atoms with Crippen molar-refractivity contribution >= 4 is 43.5 Å². The van der Waals surface area contributed by atoms with Crippen LogP contribution in [-0.2, 0) is 30.9 Å². The first kappa shape index (κ1) is 20.6. The Balaban J connectivity index is 2.01. The van der Waals surface area contributed by atoms with Gasteiger partial charge < -0.3 is 9.30 Å². The van der Waals surface area contributed by atoms with Gasteiger partial charge in [-0.05, 0) is 25.0 Å². The van der Waals surface area contributed by atoms with E-state index in [2.05, 4.69) is 9.73 Å². The third-order valence-corrected chi connectivity index (χ3v) is 6.89. The number of piperidine rings is 1. The fourth-order valence-electron chi connectivity index (χ4n) is 3.14. The second-order valence-electron chi connectivity index (χ2n) is 6.54. The van der Waals surface area contributed by atoms with Crippen molar-refractivity contribution < 1.29 is 27.1 Å². The second kappa shape index (κ2) is 8.10. The monoisotopic (exact) mass is 429 g/mol. The maximum Gasteiger partial charge on any atom is 0.325 e. The molecule has 1 aliphatic rings. The van der Waals surface area contributed by atoms with Crippen molar-refractivity contribution in [2.75, 3.05) is 26.5 Å². The minimum atomic E-state index is -3.39. The van der Waals surface area contributed by atoms with E-state index in [1.165, 1.54) is 28.1 Å². The molecule has 1 unspecified atom stereocenters. The molecule has 0 N–H and O–H groups in total. The van der Waals surface area contributed by atoms with Gasteiger partial charge in [-0.15, -0.1) is 0 Å². The van der Waals surface area contributed by atoms with Gasteiger partial charge in [0, 0.05) is 13.1 Å². The maximum atomic E-state index is 14.3. The molecule has 0 spiro atoms. The van der Waals surface area contributed by atoms with E-state index in [1.807, 2.05) is 0 Å². The van der Waals surface area contributed by atoms with Crippen LogP contribution in [0.1, 0.15) is 12.8 Å². The molecule has 8 nitrogen and oxygen atoms in total. The molecule has 0 aliphatic carbocycles. The number of nitrogens with zero attached hydrogens (tertiary/aromatic N) is 3. The highest BCUT2D eigenvalue weighted by Crippen LogP contribution is 2.22. The lowest BCUT2D eigenvalue weighted by atomic mass is 9.99. The van der Waals surface area contributed by atoms with Gasteiger partial charge in [0.1, 0.15) is 12.4 Å². The van der Waals surface area contributed by atoms with Crippen LogP contribution in [0.2, 0.25) is 0 Å². The molecule has 0 saturated carbocycles. The van der Waals surface area contributed by atoms with E-state index in [0.717, 1.165) is 17.6 Å². The lowest BCUT2D eigenvalue weighted by molar-refractivity contribution is -0.141. The van der Waals surface area contributed by atoms with Crippen molar-refractivity contribution in [3.63, 3.8) is 0 Å². The van der Waals surface area contributed by atoms with Crippen LogP contribution in [0, 0.1) is 11.7 Å². The van der Waals surface area contributed by atoms with Crippen molar-refractivity contribution in [2.24, 2.45) is 10.9 Å². The summed E-state index contributed by atoms with van der Waals surface area (Å²) in [6.45, 7) is 0.153. The van der Waals surface area contributed by atoms with Crippen molar-refractivity contribution in [3.05, 3.63) is 28.8 Å². The number of amides is 1. The molecule has 1 amide bonds. The van der Waals surface area contributed by atoms with Crippen LogP contribution in [0.5, 0.6) is 0 Å². The summed E-state index contributed by atoms with van der Waals surface area (Å²) in [6.07, 6.45) is 2.18. The van der Waals surface area contributed by atoms with E-state index < -0.39 is 33.6 Å². The quantitative estimate of drug-likeness (QED) is 0.679. The van der Waals surface area contributed by atoms with Crippen LogP contribution in [-0.4, -0.2) is 55.6 Å². The molecule has 152 valence electrons. The first-order chi connectivity index (χ1) is 13.2. The topological polar surface area (TPSA) is 98.0 Å². The first-order valence-electron chi connectivity index (χ1n) is 8.59. The van der Waals surface area contributed by atoms with Crippen LogP contribution in [0.4, 0.5) is 4.39 Å². The zero-order valence-electron chi connectivity index (χ0n) is 15.4. The van der Waals surface area contributed by atoms with Crippen molar-refractivity contribution in [1.82, 2.24) is 8.87 Å². The Kier molecular flexibility index (Phi) is 5.96. The summed E-state index contributed by atoms with van der Waals surface area (Å²) < 4.78 is 45.6. The van der Waals surface area contributed by atoms with E-state index in [9.17, 15) is 22.4 Å².